The number of amides is 1. The van der Waals surface area contributed by atoms with Crippen molar-refractivity contribution in [1.29, 1.82) is 0 Å². The monoisotopic (exact) mass is 255 g/mol. The number of hydrogen-bond donors (Lipinski definition) is 3. The molecule has 1 fully saturated rings. The van der Waals surface area contributed by atoms with Crippen LogP contribution >= 0.6 is 11.8 Å². The maximum absolute atomic E-state index is 11.4. The van der Waals surface area contributed by atoms with Gasteiger partial charge in [-0.15, -0.1) is 0 Å². The molecule has 7 heteroatoms. The van der Waals surface area contributed by atoms with Gasteiger partial charge in [-0.25, -0.2) is 0 Å². The molecule has 0 radical (unpaired) electrons. The number of carboxylic acid groups (broad SMARTS) is 1. The number of aliphatic carboxylic acids is 1. The molecule has 2 rings (SSSR count). The molecule has 17 heavy (non-hydrogen) atoms. The third-order valence-corrected chi connectivity index (χ3v) is 3.56. The van der Waals surface area contributed by atoms with Crippen LogP contribution in [0.15, 0.2) is 16.9 Å². The number of carbonyl (C=O) groups is 2. The molecular formula is C10H13N3O3S. The predicted molar refractivity (Wildman–Crippen MR) is 64.3 cm³/mol. The number of amidine groups is 1. The van der Waals surface area contributed by atoms with E-state index < -0.39 is 11.2 Å². The minimum absolute atomic E-state index is 0.182. The normalized spacial score (nSPS) is 25.9. The first kappa shape index (κ1) is 12.0. The van der Waals surface area contributed by atoms with Crippen molar-refractivity contribution >= 4 is 28.8 Å². The van der Waals surface area contributed by atoms with Crippen LogP contribution in [0.2, 0.25) is 0 Å². The Bertz CT molecular complexity index is 406. The Morgan fingerprint density at radius 3 is 3.18 bits per heavy atom. The molecule has 0 bridgehead atoms. The van der Waals surface area contributed by atoms with Gasteiger partial charge in [-0.05, 0) is 19.3 Å². The molecule has 1 atom stereocenters. The van der Waals surface area contributed by atoms with E-state index in [0.717, 1.165) is 36.7 Å². The van der Waals surface area contributed by atoms with Crippen LogP contribution in [0.5, 0.6) is 0 Å². The molecule has 1 heterocycles. The number of thioether (sulfide) groups is 1. The Morgan fingerprint density at radius 2 is 2.53 bits per heavy atom. The smallest absolute Gasteiger partial charge is 0.305 e. The summed E-state index contributed by atoms with van der Waals surface area (Å²) < 4.78 is 0. The minimum Gasteiger partial charge on any atom is -0.481 e. The number of hydrogen-bond acceptors (Lipinski definition) is 5. The molecule has 1 unspecified atom stereocenters. The van der Waals surface area contributed by atoms with Crippen molar-refractivity contribution in [1.82, 2.24) is 10.7 Å². The van der Waals surface area contributed by atoms with E-state index in [9.17, 15) is 9.59 Å². The quantitative estimate of drug-likeness (QED) is 0.641. The highest BCUT2D eigenvalue weighted by Gasteiger charge is 2.32. The Morgan fingerprint density at radius 1 is 1.71 bits per heavy atom. The van der Waals surface area contributed by atoms with Gasteiger partial charge >= 0.3 is 5.97 Å². The summed E-state index contributed by atoms with van der Waals surface area (Å²) in [7, 11) is 0. The van der Waals surface area contributed by atoms with E-state index in [0.29, 0.717) is 5.17 Å². The first-order valence-electron chi connectivity index (χ1n) is 5.37. The van der Waals surface area contributed by atoms with Gasteiger partial charge in [0.05, 0.1) is 6.42 Å². The average Bonchev–Trinajstić information content (AvgIpc) is 2.86. The fourth-order valence-corrected chi connectivity index (χ4v) is 2.57. The van der Waals surface area contributed by atoms with E-state index in [2.05, 4.69) is 21.9 Å². The topological polar surface area (TPSA) is 90.8 Å². The largest absolute Gasteiger partial charge is 0.481 e. The van der Waals surface area contributed by atoms with Gasteiger partial charge in [0, 0.05) is 5.70 Å². The SMILES string of the molecule is O=C(O)CC1S/C(=N\NC2=CCCC2)NC1=O. The van der Waals surface area contributed by atoms with E-state index in [-0.39, 0.29) is 12.3 Å². The van der Waals surface area contributed by atoms with Crippen LogP contribution in [0, 0.1) is 0 Å². The van der Waals surface area contributed by atoms with Gasteiger partial charge in [0.25, 0.3) is 0 Å². The van der Waals surface area contributed by atoms with E-state index in [1.54, 1.807) is 0 Å². The second kappa shape index (κ2) is 5.22. The van der Waals surface area contributed by atoms with Gasteiger partial charge in [0.15, 0.2) is 5.17 Å². The number of allylic oxidation sites excluding steroid dienone is 2. The summed E-state index contributed by atoms with van der Waals surface area (Å²) in [6.45, 7) is 0. The lowest BCUT2D eigenvalue weighted by atomic mass is 10.3. The lowest BCUT2D eigenvalue weighted by Crippen LogP contribution is -2.27. The standard InChI is InChI=1S/C10H13N3O3S/c14-8(15)5-7-9(16)11-10(17-7)13-12-6-3-1-2-4-6/h3,7,12H,1-2,4-5H2,(H,14,15)(H,11,13,16). The maximum Gasteiger partial charge on any atom is 0.305 e. The fourth-order valence-electron chi connectivity index (χ4n) is 1.65. The summed E-state index contributed by atoms with van der Waals surface area (Å²) in [5, 5.41) is 15.1. The summed E-state index contributed by atoms with van der Waals surface area (Å²) in [6.07, 6.45) is 5.02. The van der Waals surface area contributed by atoms with Crippen LogP contribution in [0.3, 0.4) is 0 Å². The van der Waals surface area contributed by atoms with E-state index in [4.69, 9.17) is 5.11 Å². The van der Waals surface area contributed by atoms with Gasteiger partial charge in [-0.1, -0.05) is 17.8 Å². The Balaban J connectivity index is 1.89. The van der Waals surface area contributed by atoms with Gasteiger partial charge < -0.3 is 10.4 Å². The molecule has 0 aromatic heterocycles. The highest BCUT2D eigenvalue weighted by Crippen LogP contribution is 2.22. The van der Waals surface area contributed by atoms with Crippen molar-refractivity contribution in [2.24, 2.45) is 5.10 Å². The molecule has 0 aromatic rings. The van der Waals surface area contributed by atoms with E-state index >= 15 is 0 Å². The van der Waals surface area contributed by atoms with Crippen LogP contribution in [0.4, 0.5) is 0 Å². The molecular weight excluding hydrogens is 242 g/mol. The van der Waals surface area contributed by atoms with Crippen molar-refractivity contribution in [2.75, 3.05) is 0 Å². The molecule has 0 aromatic carbocycles. The number of nitrogens with one attached hydrogen (secondary N) is 2. The van der Waals surface area contributed by atoms with Gasteiger partial charge in [0.1, 0.15) is 5.25 Å². The summed E-state index contributed by atoms with van der Waals surface area (Å²) in [4.78, 5) is 21.9. The van der Waals surface area contributed by atoms with Crippen LogP contribution in [0.1, 0.15) is 25.7 Å². The number of hydrazone groups is 1. The third kappa shape index (κ3) is 3.23. The van der Waals surface area contributed by atoms with Crippen molar-refractivity contribution in [2.45, 2.75) is 30.9 Å². The second-order valence-electron chi connectivity index (χ2n) is 3.84. The molecule has 1 aliphatic heterocycles. The molecule has 0 spiro atoms. The Hall–Kier alpha value is -1.50. The number of nitrogens with zero attached hydrogens (tertiary/aromatic N) is 1. The molecule has 3 N–H and O–H groups in total. The second-order valence-corrected chi connectivity index (χ2v) is 5.04. The first-order valence-corrected chi connectivity index (χ1v) is 6.25. The fraction of sp³-hybridized carbons (Fsp3) is 0.500. The van der Waals surface area contributed by atoms with E-state index in [1.807, 2.05) is 0 Å². The van der Waals surface area contributed by atoms with Crippen LogP contribution < -0.4 is 10.7 Å². The minimum atomic E-state index is -0.981. The van der Waals surface area contributed by atoms with Crippen molar-refractivity contribution in [3.63, 3.8) is 0 Å². The molecule has 1 saturated heterocycles. The Kier molecular flexibility index (Phi) is 3.68. The highest BCUT2D eigenvalue weighted by molar-refractivity contribution is 8.15. The zero-order valence-corrected chi connectivity index (χ0v) is 9.92. The van der Waals surface area contributed by atoms with Crippen LogP contribution in [-0.4, -0.2) is 27.4 Å². The van der Waals surface area contributed by atoms with Gasteiger partial charge in [-0.3, -0.25) is 15.0 Å². The molecule has 2 aliphatic rings. The number of rotatable bonds is 4. The molecule has 1 aliphatic carbocycles. The van der Waals surface area contributed by atoms with E-state index in [1.165, 1.54) is 0 Å². The van der Waals surface area contributed by atoms with Crippen molar-refractivity contribution in [3.05, 3.63) is 11.8 Å². The summed E-state index contributed by atoms with van der Waals surface area (Å²) in [5.41, 5.74) is 3.93. The number of carbonyl (C=O) groups excluding carboxylic acids is 1. The van der Waals surface area contributed by atoms with Gasteiger partial charge in [0.2, 0.25) is 5.91 Å². The van der Waals surface area contributed by atoms with Gasteiger partial charge in [-0.2, -0.15) is 5.10 Å². The highest BCUT2D eigenvalue weighted by atomic mass is 32.2. The summed E-state index contributed by atoms with van der Waals surface area (Å²) in [5.74, 6) is -1.27. The molecule has 0 saturated carbocycles. The Labute approximate surface area is 103 Å². The van der Waals surface area contributed by atoms with Crippen molar-refractivity contribution in [3.8, 4) is 0 Å². The molecule has 1 amide bonds. The average molecular weight is 255 g/mol. The lowest BCUT2D eigenvalue weighted by Gasteiger charge is -2.01. The summed E-state index contributed by atoms with van der Waals surface area (Å²) >= 11 is 1.15. The summed E-state index contributed by atoms with van der Waals surface area (Å²) in [6, 6.07) is 0. The number of carboxylic acids is 1. The zero-order valence-electron chi connectivity index (χ0n) is 9.10. The first-order chi connectivity index (χ1) is 8.15. The van der Waals surface area contributed by atoms with Crippen molar-refractivity contribution < 1.29 is 14.7 Å². The zero-order chi connectivity index (χ0) is 12.3. The van der Waals surface area contributed by atoms with Crippen LogP contribution in [0.25, 0.3) is 0 Å². The maximum atomic E-state index is 11.4. The lowest BCUT2D eigenvalue weighted by molar-refractivity contribution is -0.138. The third-order valence-electron chi connectivity index (χ3n) is 2.48. The molecule has 92 valence electrons. The predicted octanol–water partition coefficient (Wildman–Crippen LogP) is 0.621. The van der Waals surface area contributed by atoms with Crippen LogP contribution in [-0.2, 0) is 9.59 Å². The molecule has 6 nitrogen and oxygen atoms in total.